The van der Waals surface area contributed by atoms with Crippen LogP contribution in [0, 0.1) is 0 Å². The van der Waals surface area contributed by atoms with E-state index in [0.29, 0.717) is 0 Å². The van der Waals surface area contributed by atoms with Crippen molar-refractivity contribution in [2.24, 2.45) is 0 Å². The molecule has 18 heavy (non-hydrogen) atoms. The molecule has 0 fully saturated rings. The van der Waals surface area contributed by atoms with E-state index in [1.54, 1.807) is 13.8 Å². The molecule has 100 valence electrons. The van der Waals surface area contributed by atoms with Crippen molar-refractivity contribution >= 4 is 11.9 Å². The normalized spacial score (nSPS) is 13.6. The third-order valence-electron chi connectivity index (χ3n) is 2.43. The van der Waals surface area contributed by atoms with Gasteiger partial charge in [0.2, 0.25) is 0 Å². The summed E-state index contributed by atoms with van der Waals surface area (Å²) in [7, 11) is 0. The van der Waals surface area contributed by atoms with E-state index in [4.69, 9.17) is 9.47 Å². The van der Waals surface area contributed by atoms with Crippen LogP contribution in [0.15, 0.2) is 23.5 Å². The highest BCUT2D eigenvalue weighted by molar-refractivity contribution is 6.13. The van der Waals surface area contributed by atoms with Crippen molar-refractivity contribution in [3.05, 3.63) is 23.5 Å². The monoisotopic (exact) mass is 253 g/mol. The van der Waals surface area contributed by atoms with Gasteiger partial charge in [0.1, 0.15) is 0 Å². The summed E-state index contributed by atoms with van der Waals surface area (Å²) in [5, 5.41) is 2.96. The minimum Gasteiger partial charge on any atom is -0.462 e. The Kier molecular flexibility index (Phi) is 5.97. The molecule has 0 saturated carbocycles. The third-order valence-corrected chi connectivity index (χ3v) is 2.43. The Balaban J connectivity index is 2.71. The van der Waals surface area contributed by atoms with Crippen LogP contribution in [-0.4, -0.2) is 25.2 Å². The van der Waals surface area contributed by atoms with Crippen LogP contribution >= 0.6 is 0 Å². The molecule has 0 aromatic heterocycles. The molecule has 0 heterocycles. The van der Waals surface area contributed by atoms with E-state index in [-0.39, 0.29) is 18.8 Å². The van der Waals surface area contributed by atoms with Gasteiger partial charge in [-0.05, 0) is 33.1 Å². The Hall–Kier alpha value is -1.78. The second-order valence-corrected chi connectivity index (χ2v) is 3.76. The average Bonchev–Trinajstić information content (AvgIpc) is 2.83. The Morgan fingerprint density at radius 2 is 1.89 bits per heavy atom. The highest BCUT2D eigenvalue weighted by atomic mass is 16.6. The molecule has 0 spiro atoms. The number of allylic oxidation sites excluding steroid dienone is 2. The van der Waals surface area contributed by atoms with Crippen LogP contribution in [0.2, 0.25) is 0 Å². The zero-order valence-corrected chi connectivity index (χ0v) is 10.8. The van der Waals surface area contributed by atoms with E-state index in [1.807, 2.05) is 6.08 Å². The van der Waals surface area contributed by atoms with Crippen LogP contribution in [0.5, 0.6) is 0 Å². The Morgan fingerprint density at radius 3 is 2.33 bits per heavy atom. The first-order valence-electron chi connectivity index (χ1n) is 6.19. The first kappa shape index (κ1) is 14.3. The number of ether oxygens (including phenoxy) is 2. The van der Waals surface area contributed by atoms with E-state index < -0.39 is 11.9 Å². The summed E-state index contributed by atoms with van der Waals surface area (Å²) in [5.74, 6) is -1.33. The Labute approximate surface area is 107 Å². The Morgan fingerprint density at radius 1 is 1.28 bits per heavy atom. The molecule has 0 aromatic carbocycles. The predicted molar refractivity (Wildman–Crippen MR) is 66.4 cm³/mol. The summed E-state index contributed by atoms with van der Waals surface area (Å²) >= 11 is 0. The molecule has 5 heteroatoms. The smallest absolute Gasteiger partial charge is 0.347 e. The van der Waals surface area contributed by atoms with Crippen molar-refractivity contribution in [1.29, 1.82) is 0 Å². The van der Waals surface area contributed by atoms with Crippen LogP contribution in [0.1, 0.15) is 33.1 Å². The van der Waals surface area contributed by atoms with Crippen molar-refractivity contribution in [3.63, 3.8) is 0 Å². The molecule has 0 aliphatic heterocycles. The molecule has 1 rings (SSSR count). The summed E-state index contributed by atoms with van der Waals surface area (Å²) in [5.41, 5.74) is 0.910. The molecule has 1 N–H and O–H groups in total. The summed E-state index contributed by atoms with van der Waals surface area (Å²) < 4.78 is 9.64. The lowest BCUT2D eigenvalue weighted by Gasteiger charge is -2.07. The fourth-order valence-electron chi connectivity index (χ4n) is 1.59. The van der Waals surface area contributed by atoms with Crippen molar-refractivity contribution in [3.8, 4) is 0 Å². The molecular weight excluding hydrogens is 234 g/mol. The molecule has 0 unspecified atom stereocenters. The molecule has 5 nitrogen and oxygen atoms in total. The molecule has 0 radical (unpaired) electrons. The van der Waals surface area contributed by atoms with Gasteiger partial charge in [0.15, 0.2) is 5.57 Å². The van der Waals surface area contributed by atoms with Crippen molar-refractivity contribution in [2.45, 2.75) is 33.1 Å². The zero-order valence-electron chi connectivity index (χ0n) is 10.8. The second-order valence-electron chi connectivity index (χ2n) is 3.76. The second kappa shape index (κ2) is 7.53. The molecule has 0 bridgehead atoms. The largest absolute Gasteiger partial charge is 0.462 e. The van der Waals surface area contributed by atoms with Gasteiger partial charge in [-0.3, -0.25) is 0 Å². The molecule has 0 saturated heterocycles. The lowest BCUT2D eigenvalue weighted by molar-refractivity contribution is -0.146. The number of rotatable bonds is 6. The van der Waals surface area contributed by atoms with Gasteiger partial charge in [-0.1, -0.05) is 6.08 Å². The first-order valence-corrected chi connectivity index (χ1v) is 6.19. The number of carbonyl (C=O) groups is 2. The predicted octanol–water partition coefficient (Wildman–Crippen LogP) is 1.65. The molecule has 0 aromatic rings. The van der Waals surface area contributed by atoms with Gasteiger partial charge >= 0.3 is 11.9 Å². The first-order chi connectivity index (χ1) is 8.69. The zero-order chi connectivity index (χ0) is 13.4. The van der Waals surface area contributed by atoms with Crippen LogP contribution in [0.25, 0.3) is 0 Å². The number of nitrogens with one attached hydrogen (secondary N) is 1. The van der Waals surface area contributed by atoms with Crippen molar-refractivity contribution in [2.75, 3.05) is 13.2 Å². The van der Waals surface area contributed by atoms with Crippen molar-refractivity contribution in [1.82, 2.24) is 5.32 Å². The summed E-state index contributed by atoms with van der Waals surface area (Å²) in [6.07, 6.45) is 6.45. The summed E-state index contributed by atoms with van der Waals surface area (Å²) in [6, 6.07) is 0. The minimum atomic E-state index is -0.665. The maximum absolute atomic E-state index is 11.6. The maximum atomic E-state index is 11.6. The molecule has 1 aliphatic rings. The molecule has 1 aliphatic carbocycles. The quantitative estimate of drug-likeness (QED) is 0.337. The third kappa shape index (κ3) is 4.24. The lowest BCUT2D eigenvalue weighted by atomic mass is 10.3. The van der Waals surface area contributed by atoms with Gasteiger partial charge < -0.3 is 14.8 Å². The molecular formula is C13H19NO4. The number of carbonyl (C=O) groups excluding carboxylic acids is 2. The number of hydrogen-bond donors (Lipinski definition) is 1. The highest BCUT2D eigenvalue weighted by Gasteiger charge is 2.21. The topological polar surface area (TPSA) is 64.6 Å². The summed E-state index contributed by atoms with van der Waals surface area (Å²) in [4.78, 5) is 23.2. The van der Waals surface area contributed by atoms with E-state index in [0.717, 1.165) is 25.0 Å². The standard InChI is InChI=1S/C13H19NO4/c1-3-17-12(15)11(13(16)18-4-2)9-14-10-7-5-6-8-10/h7,9,14H,3-6,8H2,1-2H3. The van der Waals surface area contributed by atoms with E-state index in [1.165, 1.54) is 6.20 Å². The minimum absolute atomic E-state index is 0.105. The number of hydrogen-bond acceptors (Lipinski definition) is 5. The van der Waals surface area contributed by atoms with Crippen LogP contribution in [0.3, 0.4) is 0 Å². The van der Waals surface area contributed by atoms with Gasteiger partial charge in [0.25, 0.3) is 0 Å². The average molecular weight is 253 g/mol. The van der Waals surface area contributed by atoms with Crippen LogP contribution in [-0.2, 0) is 19.1 Å². The Bertz CT molecular complexity index is 351. The summed E-state index contributed by atoms with van der Waals surface area (Å²) in [6.45, 7) is 3.82. The SMILES string of the molecule is CCOC(=O)C(=CNC1=CCCC1)C(=O)OCC. The van der Waals surface area contributed by atoms with Gasteiger partial charge in [-0.25, -0.2) is 9.59 Å². The van der Waals surface area contributed by atoms with E-state index in [9.17, 15) is 9.59 Å². The number of esters is 2. The fraction of sp³-hybridized carbons (Fsp3) is 0.538. The fourth-order valence-corrected chi connectivity index (χ4v) is 1.59. The maximum Gasteiger partial charge on any atom is 0.347 e. The van der Waals surface area contributed by atoms with Gasteiger partial charge in [0.05, 0.1) is 13.2 Å². The molecule has 0 atom stereocenters. The van der Waals surface area contributed by atoms with E-state index in [2.05, 4.69) is 5.32 Å². The van der Waals surface area contributed by atoms with Crippen molar-refractivity contribution < 1.29 is 19.1 Å². The van der Waals surface area contributed by atoms with Gasteiger partial charge in [-0.2, -0.15) is 0 Å². The lowest BCUT2D eigenvalue weighted by Crippen LogP contribution is -2.21. The van der Waals surface area contributed by atoms with Crippen LogP contribution in [0.4, 0.5) is 0 Å². The van der Waals surface area contributed by atoms with Crippen LogP contribution < -0.4 is 5.32 Å². The molecule has 0 amide bonds. The van der Waals surface area contributed by atoms with Gasteiger partial charge in [-0.15, -0.1) is 0 Å². The van der Waals surface area contributed by atoms with Gasteiger partial charge in [0, 0.05) is 11.9 Å². The van der Waals surface area contributed by atoms with E-state index >= 15 is 0 Å². The highest BCUT2D eigenvalue weighted by Crippen LogP contribution is 2.15.